The van der Waals surface area contributed by atoms with Gasteiger partial charge in [-0.25, -0.2) is 0 Å². The number of benzene rings is 1. The molecule has 1 amide bonds. The number of hydrogen-bond acceptors (Lipinski definition) is 2. The van der Waals surface area contributed by atoms with E-state index in [-0.39, 0.29) is 5.91 Å². The standard InChI is InChI=1S/C15H24N2O/c1-11(2)8-9-12(3)17-10-13-6-4-5-7-14(13)15(16)18/h4-7,11-12,17H,8-10H2,1-3H3,(H2,16,18). The van der Waals surface area contributed by atoms with Gasteiger partial charge in [0, 0.05) is 18.2 Å². The maximum atomic E-state index is 11.3. The number of carbonyl (C=O) groups is 1. The van der Waals surface area contributed by atoms with Crippen LogP contribution in [0.15, 0.2) is 24.3 Å². The van der Waals surface area contributed by atoms with Crippen LogP contribution in [0.2, 0.25) is 0 Å². The molecular formula is C15H24N2O. The Morgan fingerprint density at radius 3 is 2.50 bits per heavy atom. The Morgan fingerprint density at radius 2 is 1.89 bits per heavy atom. The van der Waals surface area contributed by atoms with E-state index in [9.17, 15) is 4.79 Å². The van der Waals surface area contributed by atoms with E-state index in [4.69, 9.17) is 5.73 Å². The van der Waals surface area contributed by atoms with Crippen molar-refractivity contribution in [2.24, 2.45) is 11.7 Å². The molecule has 1 aromatic rings. The Morgan fingerprint density at radius 1 is 1.22 bits per heavy atom. The highest BCUT2D eigenvalue weighted by atomic mass is 16.1. The molecule has 0 radical (unpaired) electrons. The van der Waals surface area contributed by atoms with Gasteiger partial charge in [-0.3, -0.25) is 4.79 Å². The lowest BCUT2D eigenvalue weighted by molar-refractivity contribution is 0.0999. The zero-order valence-electron chi connectivity index (χ0n) is 11.6. The molecule has 3 nitrogen and oxygen atoms in total. The summed E-state index contributed by atoms with van der Waals surface area (Å²) in [5, 5.41) is 3.44. The van der Waals surface area contributed by atoms with Crippen LogP contribution in [0, 0.1) is 5.92 Å². The topological polar surface area (TPSA) is 55.1 Å². The second-order valence-corrected chi connectivity index (χ2v) is 5.27. The Hall–Kier alpha value is -1.35. The Kier molecular flexibility index (Phi) is 5.86. The first kappa shape index (κ1) is 14.7. The molecule has 0 heterocycles. The highest BCUT2D eigenvalue weighted by Gasteiger charge is 2.08. The maximum absolute atomic E-state index is 11.3. The van der Waals surface area contributed by atoms with E-state index < -0.39 is 0 Å². The van der Waals surface area contributed by atoms with Gasteiger partial charge in [-0.2, -0.15) is 0 Å². The average Bonchev–Trinajstić information content (AvgIpc) is 2.34. The molecule has 0 aliphatic carbocycles. The number of primary amides is 1. The third-order valence-corrected chi connectivity index (χ3v) is 3.10. The third-order valence-electron chi connectivity index (χ3n) is 3.10. The van der Waals surface area contributed by atoms with Crippen molar-refractivity contribution in [2.75, 3.05) is 0 Å². The first-order chi connectivity index (χ1) is 8.50. The van der Waals surface area contributed by atoms with Crippen LogP contribution in [-0.4, -0.2) is 11.9 Å². The summed E-state index contributed by atoms with van der Waals surface area (Å²) in [6.45, 7) is 7.33. The number of nitrogens with one attached hydrogen (secondary N) is 1. The van der Waals surface area contributed by atoms with Crippen LogP contribution >= 0.6 is 0 Å². The average molecular weight is 248 g/mol. The zero-order chi connectivity index (χ0) is 13.5. The zero-order valence-corrected chi connectivity index (χ0v) is 11.6. The molecule has 100 valence electrons. The van der Waals surface area contributed by atoms with Crippen molar-refractivity contribution in [3.05, 3.63) is 35.4 Å². The summed E-state index contributed by atoms with van der Waals surface area (Å²) in [5.74, 6) is 0.370. The van der Waals surface area contributed by atoms with E-state index in [1.807, 2.05) is 18.2 Å². The predicted molar refractivity (Wildman–Crippen MR) is 75.3 cm³/mol. The van der Waals surface area contributed by atoms with Gasteiger partial charge in [-0.15, -0.1) is 0 Å². The van der Waals surface area contributed by atoms with Gasteiger partial charge in [0.15, 0.2) is 0 Å². The summed E-state index contributed by atoms with van der Waals surface area (Å²) >= 11 is 0. The van der Waals surface area contributed by atoms with Crippen LogP contribution in [-0.2, 0) is 6.54 Å². The quantitative estimate of drug-likeness (QED) is 0.779. The van der Waals surface area contributed by atoms with Crippen molar-refractivity contribution in [1.82, 2.24) is 5.32 Å². The van der Waals surface area contributed by atoms with Crippen LogP contribution in [0.5, 0.6) is 0 Å². The fourth-order valence-electron chi connectivity index (χ4n) is 1.88. The molecular weight excluding hydrogens is 224 g/mol. The molecule has 0 aliphatic rings. The Bertz CT molecular complexity index is 388. The Labute approximate surface area is 110 Å². The van der Waals surface area contributed by atoms with Crippen LogP contribution in [0.25, 0.3) is 0 Å². The normalized spacial score (nSPS) is 12.7. The second kappa shape index (κ2) is 7.17. The summed E-state index contributed by atoms with van der Waals surface area (Å²) in [6.07, 6.45) is 2.36. The fourth-order valence-corrected chi connectivity index (χ4v) is 1.88. The Balaban J connectivity index is 2.50. The number of hydrogen-bond donors (Lipinski definition) is 2. The first-order valence-electron chi connectivity index (χ1n) is 6.61. The molecule has 0 spiro atoms. The number of carbonyl (C=O) groups excluding carboxylic acids is 1. The SMILES string of the molecule is CC(C)CCC(C)NCc1ccccc1C(N)=O. The summed E-state index contributed by atoms with van der Waals surface area (Å²) in [4.78, 5) is 11.3. The summed E-state index contributed by atoms with van der Waals surface area (Å²) < 4.78 is 0. The molecule has 0 fully saturated rings. The molecule has 0 bridgehead atoms. The van der Waals surface area contributed by atoms with Crippen molar-refractivity contribution in [3.63, 3.8) is 0 Å². The van der Waals surface area contributed by atoms with Gasteiger partial charge in [-0.05, 0) is 37.3 Å². The number of nitrogens with two attached hydrogens (primary N) is 1. The predicted octanol–water partition coefficient (Wildman–Crippen LogP) is 2.70. The third kappa shape index (κ3) is 4.88. The van der Waals surface area contributed by atoms with Crippen LogP contribution in [0.1, 0.15) is 49.5 Å². The largest absolute Gasteiger partial charge is 0.366 e. The van der Waals surface area contributed by atoms with E-state index in [1.165, 1.54) is 6.42 Å². The molecule has 18 heavy (non-hydrogen) atoms. The molecule has 0 aromatic heterocycles. The molecule has 1 aromatic carbocycles. The monoisotopic (exact) mass is 248 g/mol. The highest BCUT2D eigenvalue weighted by molar-refractivity contribution is 5.94. The fraction of sp³-hybridized carbons (Fsp3) is 0.533. The first-order valence-corrected chi connectivity index (χ1v) is 6.61. The van der Waals surface area contributed by atoms with E-state index in [0.29, 0.717) is 18.2 Å². The lowest BCUT2D eigenvalue weighted by atomic mass is 10.0. The van der Waals surface area contributed by atoms with Gasteiger partial charge in [0.25, 0.3) is 0 Å². The molecule has 1 atom stereocenters. The van der Waals surface area contributed by atoms with Crippen molar-refractivity contribution >= 4 is 5.91 Å². The minimum Gasteiger partial charge on any atom is -0.366 e. The minimum atomic E-state index is -0.359. The summed E-state index contributed by atoms with van der Waals surface area (Å²) in [6, 6.07) is 7.95. The van der Waals surface area contributed by atoms with Gasteiger partial charge >= 0.3 is 0 Å². The van der Waals surface area contributed by atoms with E-state index in [1.54, 1.807) is 6.07 Å². The maximum Gasteiger partial charge on any atom is 0.249 e. The van der Waals surface area contributed by atoms with Gasteiger partial charge in [0.1, 0.15) is 0 Å². The summed E-state index contributed by atoms with van der Waals surface area (Å²) in [7, 11) is 0. The van der Waals surface area contributed by atoms with Crippen molar-refractivity contribution in [1.29, 1.82) is 0 Å². The van der Waals surface area contributed by atoms with Gasteiger partial charge < -0.3 is 11.1 Å². The van der Waals surface area contributed by atoms with Crippen molar-refractivity contribution in [3.8, 4) is 0 Å². The molecule has 0 saturated heterocycles. The van der Waals surface area contributed by atoms with E-state index in [0.717, 1.165) is 17.9 Å². The van der Waals surface area contributed by atoms with Gasteiger partial charge in [-0.1, -0.05) is 32.0 Å². The molecule has 0 aliphatic heterocycles. The molecule has 3 heteroatoms. The van der Waals surface area contributed by atoms with E-state index in [2.05, 4.69) is 26.1 Å². The lowest BCUT2D eigenvalue weighted by Crippen LogP contribution is -2.27. The van der Waals surface area contributed by atoms with Gasteiger partial charge in [0.05, 0.1) is 0 Å². The van der Waals surface area contributed by atoms with Crippen LogP contribution in [0.4, 0.5) is 0 Å². The molecule has 1 unspecified atom stereocenters. The summed E-state index contributed by atoms with van der Waals surface area (Å²) in [5.41, 5.74) is 6.94. The molecule has 0 saturated carbocycles. The van der Waals surface area contributed by atoms with Crippen LogP contribution in [0.3, 0.4) is 0 Å². The highest BCUT2D eigenvalue weighted by Crippen LogP contribution is 2.10. The van der Waals surface area contributed by atoms with Gasteiger partial charge in [0.2, 0.25) is 5.91 Å². The van der Waals surface area contributed by atoms with Crippen molar-refractivity contribution in [2.45, 2.75) is 46.2 Å². The van der Waals surface area contributed by atoms with E-state index >= 15 is 0 Å². The van der Waals surface area contributed by atoms with Crippen LogP contribution < -0.4 is 11.1 Å². The molecule has 1 rings (SSSR count). The lowest BCUT2D eigenvalue weighted by Gasteiger charge is -2.16. The minimum absolute atomic E-state index is 0.359. The van der Waals surface area contributed by atoms with Crippen molar-refractivity contribution < 1.29 is 4.79 Å². The second-order valence-electron chi connectivity index (χ2n) is 5.27. The smallest absolute Gasteiger partial charge is 0.249 e. The number of amides is 1. The number of rotatable bonds is 7. The molecule has 3 N–H and O–H groups in total.